The van der Waals surface area contributed by atoms with Gasteiger partial charge in [-0.2, -0.15) is 0 Å². The van der Waals surface area contributed by atoms with Crippen LogP contribution in [0.15, 0.2) is 67.3 Å². The van der Waals surface area contributed by atoms with Crippen molar-refractivity contribution in [3.8, 4) is 22.8 Å². The lowest BCUT2D eigenvalue weighted by atomic mass is 9.77. The Balaban J connectivity index is 1.51. The summed E-state index contributed by atoms with van der Waals surface area (Å²) < 4.78 is 39.5. The number of benzene rings is 2. The summed E-state index contributed by atoms with van der Waals surface area (Å²) in [4.78, 5) is 64.5. The van der Waals surface area contributed by atoms with E-state index in [1.807, 2.05) is 74.2 Å². The summed E-state index contributed by atoms with van der Waals surface area (Å²) in [7, 11) is -2.38. The summed E-state index contributed by atoms with van der Waals surface area (Å²) in [5.41, 5.74) is 1.49. The summed E-state index contributed by atoms with van der Waals surface area (Å²) in [6.45, 7) is 14.1. The van der Waals surface area contributed by atoms with Crippen molar-refractivity contribution < 1.29 is 37.1 Å². The number of fused-ring (bicyclic) bond motifs is 1. The minimum atomic E-state index is -3.95. The molecule has 0 aliphatic carbocycles. The predicted molar refractivity (Wildman–Crippen MR) is 220 cm³/mol. The van der Waals surface area contributed by atoms with Crippen molar-refractivity contribution in [1.82, 2.24) is 24.8 Å². The number of likely N-dealkylation sites (tertiary alicyclic amines) is 2. The van der Waals surface area contributed by atoms with E-state index in [0.717, 1.165) is 24.8 Å². The quantitative estimate of drug-likeness (QED) is 0.189. The summed E-state index contributed by atoms with van der Waals surface area (Å²) in [6, 6.07) is 14.5. The highest BCUT2D eigenvalue weighted by Crippen LogP contribution is 2.37. The summed E-state index contributed by atoms with van der Waals surface area (Å²) >= 11 is 0. The van der Waals surface area contributed by atoms with Crippen LogP contribution in [-0.2, 0) is 29.2 Å². The Morgan fingerprint density at radius 2 is 1.74 bits per heavy atom. The van der Waals surface area contributed by atoms with E-state index in [0.29, 0.717) is 47.6 Å². The zero-order chi connectivity index (χ0) is 41.5. The monoisotopic (exact) mass is 803 g/mol. The number of nitrogens with one attached hydrogen (secondary N) is 2. The van der Waals surface area contributed by atoms with Crippen LogP contribution in [0.3, 0.4) is 0 Å². The maximum Gasteiger partial charge on any atom is 0.256 e. The van der Waals surface area contributed by atoms with Crippen molar-refractivity contribution in [3.63, 3.8) is 0 Å². The van der Waals surface area contributed by atoms with Crippen LogP contribution >= 0.6 is 0 Å². The maximum atomic E-state index is 14.8. The van der Waals surface area contributed by atoms with Gasteiger partial charge in [-0.3, -0.25) is 23.9 Å². The van der Waals surface area contributed by atoms with E-state index in [9.17, 15) is 27.6 Å². The number of carbonyl (C=O) groups is 4. The first-order chi connectivity index (χ1) is 27.0. The van der Waals surface area contributed by atoms with E-state index in [1.54, 1.807) is 27.0 Å². The zero-order valence-corrected chi connectivity index (χ0v) is 34.8. The molecule has 3 aromatic rings. The Labute approximate surface area is 336 Å². The number of amides is 4. The fourth-order valence-electron chi connectivity index (χ4n) is 7.48. The molecule has 0 radical (unpaired) electrons. The topological polar surface area (TPSA) is 164 Å². The molecular formula is C43H57N5O8S. The van der Waals surface area contributed by atoms with Crippen LogP contribution in [0.25, 0.3) is 22.2 Å². The van der Waals surface area contributed by atoms with E-state index >= 15 is 0 Å². The lowest BCUT2D eigenvalue weighted by Gasteiger charge is -2.36. The fourth-order valence-corrected chi connectivity index (χ4v) is 8.55. The first kappa shape index (κ1) is 43.1. The molecule has 2 N–H and O–H groups in total. The third-order valence-corrected chi connectivity index (χ3v) is 12.3. The van der Waals surface area contributed by atoms with Crippen molar-refractivity contribution in [2.75, 3.05) is 32.5 Å². The second kappa shape index (κ2) is 18.5. The number of ether oxygens (including phenoxy) is 2. The number of hydrogen-bond acceptors (Lipinski definition) is 9. The van der Waals surface area contributed by atoms with Gasteiger partial charge in [0.25, 0.3) is 5.91 Å². The highest BCUT2D eigenvalue weighted by Gasteiger charge is 2.47. The van der Waals surface area contributed by atoms with Gasteiger partial charge in [-0.25, -0.2) is 13.4 Å². The number of piperidine rings is 1. The van der Waals surface area contributed by atoms with Crippen molar-refractivity contribution in [3.05, 3.63) is 67.3 Å². The van der Waals surface area contributed by atoms with Crippen molar-refractivity contribution in [2.24, 2.45) is 17.3 Å². The van der Waals surface area contributed by atoms with Gasteiger partial charge in [-0.05, 0) is 43.2 Å². The molecule has 5 rings (SSSR count). The van der Waals surface area contributed by atoms with E-state index in [2.05, 4.69) is 16.6 Å². The van der Waals surface area contributed by atoms with Gasteiger partial charge in [-0.15, -0.1) is 6.58 Å². The Kier molecular flexibility index (Phi) is 14.0. The first-order valence-electron chi connectivity index (χ1n) is 19.8. The number of carbonyl (C=O) groups excluding carboxylic acids is 4. The number of hydrogen-bond donors (Lipinski definition) is 2. The number of sulfonamides is 1. The molecule has 0 bridgehead atoms. The van der Waals surface area contributed by atoms with Gasteiger partial charge in [-0.1, -0.05) is 71.0 Å². The molecule has 13 nitrogen and oxygen atoms in total. The molecule has 3 heterocycles. The number of aromatic nitrogens is 1. The van der Waals surface area contributed by atoms with Gasteiger partial charge in [0.1, 0.15) is 29.7 Å². The molecule has 57 heavy (non-hydrogen) atoms. The fraction of sp³-hybridized carbons (Fsp3) is 0.512. The van der Waals surface area contributed by atoms with E-state index in [1.165, 1.54) is 11.0 Å². The normalized spacial score (nSPS) is 19.0. The summed E-state index contributed by atoms with van der Waals surface area (Å²) in [5, 5.41) is 3.45. The summed E-state index contributed by atoms with van der Waals surface area (Å²) in [6.07, 6.45) is 3.96. The van der Waals surface area contributed by atoms with Crippen LogP contribution in [0.2, 0.25) is 0 Å². The molecule has 0 saturated carbocycles. The van der Waals surface area contributed by atoms with E-state index < -0.39 is 57.3 Å². The minimum absolute atomic E-state index is 0.0147. The van der Waals surface area contributed by atoms with E-state index in [-0.39, 0.29) is 37.0 Å². The van der Waals surface area contributed by atoms with Gasteiger partial charge in [0.15, 0.2) is 0 Å². The Morgan fingerprint density at radius 1 is 1.04 bits per heavy atom. The van der Waals surface area contributed by atoms with Gasteiger partial charge in [0, 0.05) is 54.9 Å². The van der Waals surface area contributed by atoms with Crippen molar-refractivity contribution in [2.45, 2.75) is 91.3 Å². The molecule has 2 aliphatic heterocycles. The zero-order valence-electron chi connectivity index (χ0n) is 34.0. The highest BCUT2D eigenvalue weighted by atomic mass is 32.2. The predicted octanol–water partition coefficient (Wildman–Crippen LogP) is 5.49. The van der Waals surface area contributed by atoms with Crippen LogP contribution in [0, 0.1) is 17.3 Å². The molecule has 1 aromatic heterocycles. The minimum Gasteiger partial charge on any atom is -0.497 e. The number of pyridine rings is 1. The molecule has 2 saturated heterocycles. The third kappa shape index (κ3) is 10.7. The maximum absolute atomic E-state index is 14.8. The Bertz CT molecular complexity index is 2050. The van der Waals surface area contributed by atoms with Crippen LogP contribution in [0.4, 0.5) is 0 Å². The van der Waals surface area contributed by atoms with Crippen LogP contribution in [0.1, 0.15) is 73.1 Å². The van der Waals surface area contributed by atoms with Gasteiger partial charge in [0.05, 0.1) is 36.5 Å². The number of nitrogens with zero attached hydrogens (tertiary/aromatic N) is 3. The third-order valence-electron chi connectivity index (χ3n) is 10.8. The average Bonchev–Trinajstić information content (AvgIpc) is 3.61. The standard InChI is InChI=1S/C43H57N5O8S/c1-8-22-57(53,54)46-41(51)39(28(3)9-2)45-40(50)36-24-31(27-48(36)42(52)33(43(4,5)6)25-38(49)47-20-14-11-15-21-47)56-37-26-34(29-16-12-10-13-17-29)44-35-23-30(55-7)18-19-32(35)37/h9-10,12-13,16-19,23,26,28,31,33,36,39H,2,8,11,14-15,20-22,24-25,27H2,1,3-7H3,(H,45,50)(H,46,51)/t28-,31+,33+,36-,39+/m0/s1. The smallest absolute Gasteiger partial charge is 0.256 e. The molecule has 2 aromatic carbocycles. The molecule has 2 fully saturated rings. The molecular weight excluding hydrogens is 747 g/mol. The second-order valence-corrected chi connectivity index (χ2v) is 18.0. The van der Waals surface area contributed by atoms with Crippen molar-refractivity contribution >= 4 is 44.6 Å². The second-order valence-electron chi connectivity index (χ2n) is 16.2. The number of rotatable bonds is 15. The molecule has 14 heteroatoms. The lowest BCUT2D eigenvalue weighted by Crippen LogP contribution is -2.57. The number of methoxy groups -OCH3 is 1. The average molecular weight is 804 g/mol. The molecule has 4 amide bonds. The molecule has 0 unspecified atom stereocenters. The largest absolute Gasteiger partial charge is 0.497 e. The van der Waals surface area contributed by atoms with Gasteiger partial charge in [0.2, 0.25) is 27.7 Å². The molecule has 5 atom stereocenters. The lowest BCUT2D eigenvalue weighted by molar-refractivity contribution is -0.148. The van der Waals surface area contributed by atoms with Crippen molar-refractivity contribution in [1.29, 1.82) is 0 Å². The Hall–Kier alpha value is -4.98. The Morgan fingerprint density at radius 3 is 2.37 bits per heavy atom. The highest BCUT2D eigenvalue weighted by molar-refractivity contribution is 7.90. The first-order valence-corrected chi connectivity index (χ1v) is 21.5. The van der Waals surface area contributed by atoms with Crippen LogP contribution in [0.5, 0.6) is 11.5 Å². The van der Waals surface area contributed by atoms with E-state index in [4.69, 9.17) is 14.5 Å². The summed E-state index contributed by atoms with van der Waals surface area (Å²) in [5.74, 6) is -2.63. The van der Waals surface area contributed by atoms with Gasteiger partial charge >= 0.3 is 0 Å². The van der Waals surface area contributed by atoms with Crippen LogP contribution < -0.4 is 19.5 Å². The van der Waals surface area contributed by atoms with Gasteiger partial charge < -0.3 is 24.6 Å². The molecule has 2 aliphatic rings. The van der Waals surface area contributed by atoms with Crippen LogP contribution in [-0.4, -0.2) is 97.5 Å². The molecule has 308 valence electrons. The SMILES string of the molecule is C=C[C@H](C)[C@@H](NC(=O)[C@@H]1C[C@@H](Oc2cc(-c3ccccc3)nc3cc(OC)ccc23)CN1C(=O)[C@@H](CC(=O)N1CCCCC1)C(C)(C)C)C(=O)NS(=O)(=O)CCC. The molecule has 0 spiro atoms.